The van der Waals surface area contributed by atoms with E-state index >= 15 is 0 Å². The highest BCUT2D eigenvalue weighted by molar-refractivity contribution is 6.46. The Morgan fingerprint density at radius 2 is 1.73 bits per heavy atom. The predicted molar refractivity (Wildman–Crippen MR) is 125 cm³/mol. The third-order valence-electron chi connectivity index (χ3n) is 5.23. The molecule has 1 atom stereocenters. The van der Waals surface area contributed by atoms with Crippen LogP contribution < -0.4 is 9.47 Å². The van der Waals surface area contributed by atoms with E-state index in [1.807, 2.05) is 6.92 Å². The fourth-order valence-corrected chi connectivity index (χ4v) is 4.36. The molecule has 33 heavy (non-hydrogen) atoms. The van der Waals surface area contributed by atoms with E-state index < -0.39 is 29.5 Å². The number of Topliss-reactive ketones (excluding diaryl/α,β-unsaturated/α-hetero) is 1. The van der Waals surface area contributed by atoms with E-state index in [0.29, 0.717) is 24.3 Å². The molecule has 0 bridgehead atoms. The lowest BCUT2D eigenvalue weighted by atomic mass is 9.95. The maximum absolute atomic E-state index is 13.0. The molecular weight excluding hydrogens is 469 g/mol. The fourth-order valence-electron chi connectivity index (χ4n) is 3.72. The van der Waals surface area contributed by atoms with Gasteiger partial charge < -0.3 is 19.5 Å². The van der Waals surface area contributed by atoms with Crippen LogP contribution in [0.25, 0.3) is 5.76 Å². The number of rotatable bonds is 7. The zero-order chi connectivity index (χ0) is 24.3. The summed E-state index contributed by atoms with van der Waals surface area (Å²) in [7, 11) is 1.41. The van der Waals surface area contributed by atoms with Crippen LogP contribution in [0.1, 0.15) is 43.9 Å². The molecule has 1 amide bonds. The molecule has 1 N–H and O–H groups in total. The Morgan fingerprint density at radius 1 is 1.12 bits per heavy atom. The number of esters is 1. The smallest absolute Gasteiger partial charge is 0.308 e. The quantitative estimate of drug-likeness (QED) is 0.189. The maximum atomic E-state index is 13.0. The van der Waals surface area contributed by atoms with Crippen molar-refractivity contribution in [2.24, 2.45) is 0 Å². The van der Waals surface area contributed by atoms with Gasteiger partial charge in [0.05, 0.1) is 28.8 Å². The molecule has 0 radical (unpaired) electrons. The molecule has 3 rings (SSSR count). The molecule has 1 aliphatic rings. The summed E-state index contributed by atoms with van der Waals surface area (Å²) < 4.78 is 10.2. The van der Waals surface area contributed by atoms with Gasteiger partial charge in [0.2, 0.25) is 0 Å². The number of nitrogens with zero attached hydrogens (tertiary/aromatic N) is 1. The van der Waals surface area contributed by atoms with E-state index in [9.17, 15) is 19.5 Å². The first-order chi connectivity index (χ1) is 15.7. The first kappa shape index (κ1) is 24.6. The van der Waals surface area contributed by atoms with Gasteiger partial charge in [0, 0.05) is 19.0 Å². The number of carbonyl (C=O) groups is 3. The highest BCUT2D eigenvalue weighted by atomic mass is 35.5. The van der Waals surface area contributed by atoms with E-state index in [-0.39, 0.29) is 26.9 Å². The third kappa shape index (κ3) is 4.99. The van der Waals surface area contributed by atoms with Crippen molar-refractivity contribution in [3.63, 3.8) is 0 Å². The van der Waals surface area contributed by atoms with Crippen molar-refractivity contribution in [2.45, 2.75) is 32.7 Å². The average molecular weight is 492 g/mol. The molecule has 0 aromatic heterocycles. The SMILES string of the molecule is CCCCN1C(=O)C(=O)/C(=C(/O)c2cc(Cl)c(OC)c(Cl)c2)C1c1ccc(OC(C)=O)cc1. The summed E-state index contributed by atoms with van der Waals surface area (Å²) in [6.07, 6.45) is 1.49. The number of hydrogen-bond donors (Lipinski definition) is 1. The lowest BCUT2D eigenvalue weighted by Gasteiger charge is -2.25. The lowest BCUT2D eigenvalue weighted by molar-refractivity contribution is -0.139. The molecule has 2 aromatic carbocycles. The van der Waals surface area contributed by atoms with Crippen LogP contribution >= 0.6 is 23.2 Å². The van der Waals surface area contributed by atoms with Gasteiger partial charge in [-0.25, -0.2) is 0 Å². The van der Waals surface area contributed by atoms with Crippen molar-refractivity contribution in [1.29, 1.82) is 0 Å². The molecule has 1 unspecified atom stereocenters. The zero-order valence-corrected chi connectivity index (χ0v) is 19.9. The number of ether oxygens (including phenoxy) is 2. The van der Waals surface area contributed by atoms with Crippen LogP contribution in [0.5, 0.6) is 11.5 Å². The van der Waals surface area contributed by atoms with Crippen LogP contribution in [0.4, 0.5) is 0 Å². The summed E-state index contributed by atoms with van der Waals surface area (Å²) in [5.74, 6) is -1.82. The summed E-state index contributed by atoms with van der Waals surface area (Å²) in [5.41, 5.74) is 0.683. The molecule has 1 saturated heterocycles. The molecule has 174 valence electrons. The molecular formula is C24H23Cl2NO6. The standard InChI is InChI=1S/C24H23Cl2NO6/c1-4-5-10-27-20(14-6-8-16(9-7-14)33-13(2)28)19(22(30)24(27)31)21(29)15-11-17(25)23(32-3)18(26)12-15/h6-9,11-12,20,29H,4-5,10H2,1-3H3/b21-19+. The number of amides is 1. The van der Waals surface area contributed by atoms with Crippen molar-refractivity contribution in [3.8, 4) is 11.5 Å². The second kappa shape index (κ2) is 10.3. The number of halogens is 2. The van der Waals surface area contributed by atoms with Crippen molar-refractivity contribution in [2.75, 3.05) is 13.7 Å². The first-order valence-corrected chi connectivity index (χ1v) is 11.0. The second-order valence-corrected chi connectivity index (χ2v) is 8.30. The van der Waals surface area contributed by atoms with Crippen molar-refractivity contribution in [1.82, 2.24) is 4.90 Å². The molecule has 2 aromatic rings. The Hall–Kier alpha value is -3.03. The minimum absolute atomic E-state index is 0.0753. The van der Waals surface area contributed by atoms with Crippen LogP contribution in [0.3, 0.4) is 0 Å². The Balaban J connectivity index is 2.15. The summed E-state index contributed by atoms with van der Waals surface area (Å²) in [6, 6.07) is 8.44. The van der Waals surface area contributed by atoms with Gasteiger partial charge in [0.25, 0.3) is 11.7 Å². The predicted octanol–water partition coefficient (Wildman–Crippen LogP) is 5.15. The van der Waals surface area contributed by atoms with Crippen molar-refractivity contribution >= 4 is 46.6 Å². The number of likely N-dealkylation sites (tertiary alicyclic amines) is 1. The number of aliphatic hydroxyl groups excluding tert-OH is 1. The van der Waals surface area contributed by atoms with E-state index in [0.717, 1.165) is 6.42 Å². The van der Waals surface area contributed by atoms with E-state index in [4.69, 9.17) is 32.7 Å². The summed E-state index contributed by atoms with van der Waals surface area (Å²) in [5, 5.41) is 11.4. The molecule has 1 heterocycles. The van der Waals surface area contributed by atoms with Gasteiger partial charge in [-0.2, -0.15) is 0 Å². The lowest BCUT2D eigenvalue weighted by Crippen LogP contribution is -2.30. The van der Waals surface area contributed by atoms with Crippen LogP contribution in [-0.4, -0.2) is 41.3 Å². The van der Waals surface area contributed by atoms with Gasteiger partial charge in [-0.3, -0.25) is 14.4 Å². The second-order valence-electron chi connectivity index (χ2n) is 7.48. The molecule has 0 aliphatic carbocycles. The number of benzene rings is 2. The van der Waals surface area contributed by atoms with Gasteiger partial charge in [-0.1, -0.05) is 48.7 Å². The summed E-state index contributed by atoms with van der Waals surface area (Å²) >= 11 is 12.4. The van der Waals surface area contributed by atoms with E-state index in [1.54, 1.807) is 24.3 Å². The molecule has 7 nitrogen and oxygen atoms in total. The first-order valence-electron chi connectivity index (χ1n) is 10.3. The van der Waals surface area contributed by atoms with Gasteiger partial charge in [-0.05, 0) is 36.2 Å². The third-order valence-corrected chi connectivity index (χ3v) is 5.79. The molecule has 0 spiro atoms. The van der Waals surface area contributed by atoms with Crippen molar-refractivity contribution < 1.29 is 29.0 Å². The molecule has 1 aliphatic heterocycles. The Kier molecular flexibility index (Phi) is 7.66. The largest absolute Gasteiger partial charge is 0.507 e. The highest BCUT2D eigenvalue weighted by Gasteiger charge is 2.45. The van der Waals surface area contributed by atoms with Crippen LogP contribution in [0.2, 0.25) is 10.0 Å². The Morgan fingerprint density at radius 3 is 2.24 bits per heavy atom. The number of aliphatic hydroxyl groups is 1. The monoisotopic (exact) mass is 491 g/mol. The highest BCUT2D eigenvalue weighted by Crippen LogP contribution is 2.42. The normalized spacial score (nSPS) is 17.4. The fraction of sp³-hybridized carbons (Fsp3) is 0.292. The zero-order valence-electron chi connectivity index (χ0n) is 18.4. The number of methoxy groups -OCH3 is 1. The minimum Gasteiger partial charge on any atom is -0.507 e. The van der Waals surface area contributed by atoms with Crippen molar-refractivity contribution in [3.05, 3.63) is 63.1 Å². The van der Waals surface area contributed by atoms with Gasteiger partial charge in [0.1, 0.15) is 11.5 Å². The molecule has 1 fully saturated rings. The van der Waals surface area contributed by atoms with Gasteiger partial charge in [-0.15, -0.1) is 0 Å². The van der Waals surface area contributed by atoms with E-state index in [1.165, 1.54) is 31.1 Å². The number of hydrogen-bond acceptors (Lipinski definition) is 6. The molecule has 0 saturated carbocycles. The maximum Gasteiger partial charge on any atom is 0.308 e. The summed E-state index contributed by atoms with van der Waals surface area (Å²) in [6.45, 7) is 3.60. The van der Waals surface area contributed by atoms with Gasteiger partial charge >= 0.3 is 5.97 Å². The molecule has 9 heteroatoms. The Bertz CT molecular complexity index is 1100. The van der Waals surface area contributed by atoms with Gasteiger partial charge in [0.15, 0.2) is 5.75 Å². The minimum atomic E-state index is -0.831. The van der Waals surface area contributed by atoms with Crippen LogP contribution in [0, 0.1) is 0 Å². The topological polar surface area (TPSA) is 93.1 Å². The number of carbonyl (C=O) groups excluding carboxylic acids is 3. The Labute approximate surface area is 201 Å². The van der Waals surface area contributed by atoms with E-state index in [2.05, 4.69) is 0 Å². The average Bonchev–Trinajstić information content (AvgIpc) is 3.01. The number of ketones is 1. The van der Waals surface area contributed by atoms with Crippen LogP contribution in [0.15, 0.2) is 42.0 Å². The van der Waals surface area contributed by atoms with Crippen LogP contribution in [-0.2, 0) is 14.4 Å². The number of unbranched alkanes of at least 4 members (excludes halogenated alkanes) is 1. The summed E-state index contributed by atoms with van der Waals surface area (Å²) in [4.78, 5) is 38.5.